The van der Waals surface area contributed by atoms with Crippen LogP contribution in [0.4, 0.5) is 0 Å². The van der Waals surface area contributed by atoms with Gasteiger partial charge in [0.25, 0.3) is 0 Å². The van der Waals surface area contributed by atoms with Crippen molar-refractivity contribution < 1.29 is 14.3 Å². The van der Waals surface area contributed by atoms with E-state index in [4.69, 9.17) is 27.9 Å². The lowest BCUT2D eigenvalue weighted by atomic mass is 10.2. The molecule has 0 saturated carbocycles. The summed E-state index contributed by atoms with van der Waals surface area (Å²) < 4.78 is 5.81. The van der Waals surface area contributed by atoms with Gasteiger partial charge in [-0.05, 0) is 37.6 Å². The van der Waals surface area contributed by atoms with Gasteiger partial charge in [0.2, 0.25) is 0 Å². The van der Waals surface area contributed by atoms with Crippen LogP contribution in [-0.4, -0.2) is 24.1 Å². The van der Waals surface area contributed by atoms with Crippen molar-refractivity contribution in [1.82, 2.24) is 10.7 Å². The minimum atomic E-state index is -0.831. The van der Waals surface area contributed by atoms with Crippen molar-refractivity contribution in [2.24, 2.45) is 5.10 Å². The number of carbonyl (C=O) groups is 2. The van der Waals surface area contributed by atoms with Gasteiger partial charge in [-0.3, -0.25) is 9.59 Å². The van der Waals surface area contributed by atoms with E-state index in [-0.39, 0.29) is 12.6 Å². The SMILES string of the molecule is CC[C@@H](C)NC(=O)C(=O)N/N=C\c1ccccc1OCc1ccc(Cl)cc1Cl. The predicted molar refractivity (Wildman–Crippen MR) is 111 cm³/mol. The van der Waals surface area contributed by atoms with Gasteiger partial charge in [0.15, 0.2) is 0 Å². The molecule has 28 heavy (non-hydrogen) atoms. The van der Waals surface area contributed by atoms with Gasteiger partial charge in [-0.25, -0.2) is 5.43 Å². The Morgan fingerprint density at radius 2 is 1.93 bits per heavy atom. The fourth-order valence-corrected chi connectivity index (χ4v) is 2.58. The Morgan fingerprint density at radius 1 is 1.18 bits per heavy atom. The molecule has 0 aliphatic rings. The summed E-state index contributed by atoms with van der Waals surface area (Å²) in [5.74, 6) is -1.01. The molecule has 2 N–H and O–H groups in total. The van der Waals surface area contributed by atoms with Crippen LogP contribution < -0.4 is 15.5 Å². The quantitative estimate of drug-likeness (QED) is 0.403. The Hall–Kier alpha value is -2.57. The van der Waals surface area contributed by atoms with E-state index in [2.05, 4.69) is 15.8 Å². The number of para-hydroxylation sites is 1. The first-order valence-corrected chi connectivity index (χ1v) is 9.46. The van der Waals surface area contributed by atoms with Crippen molar-refractivity contribution in [2.75, 3.05) is 0 Å². The Labute approximate surface area is 173 Å². The number of hydrogen-bond acceptors (Lipinski definition) is 4. The lowest BCUT2D eigenvalue weighted by Crippen LogP contribution is -2.41. The molecule has 2 aromatic carbocycles. The Kier molecular flexibility index (Phi) is 8.29. The van der Waals surface area contributed by atoms with Crippen LogP contribution in [0.1, 0.15) is 31.4 Å². The van der Waals surface area contributed by atoms with Gasteiger partial charge in [-0.15, -0.1) is 0 Å². The highest BCUT2D eigenvalue weighted by Crippen LogP contribution is 2.23. The van der Waals surface area contributed by atoms with E-state index < -0.39 is 11.8 Å². The number of ether oxygens (including phenoxy) is 1. The Morgan fingerprint density at radius 3 is 2.64 bits per heavy atom. The molecule has 6 nitrogen and oxygen atoms in total. The van der Waals surface area contributed by atoms with Crippen LogP contribution in [0.3, 0.4) is 0 Å². The maximum absolute atomic E-state index is 11.8. The van der Waals surface area contributed by atoms with Crippen LogP contribution >= 0.6 is 23.2 Å². The minimum Gasteiger partial charge on any atom is -0.488 e. The summed E-state index contributed by atoms with van der Waals surface area (Å²) in [6.45, 7) is 3.97. The number of carbonyl (C=O) groups excluding carboxylic acids is 2. The Bertz CT molecular complexity index is 872. The van der Waals surface area contributed by atoms with Gasteiger partial charge in [0.05, 0.1) is 6.21 Å². The number of nitrogens with one attached hydrogen (secondary N) is 2. The average molecular weight is 422 g/mol. The predicted octanol–water partition coefficient (Wildman–Crippen LogP) is 3.94. The van der Waals surface area contributed by atoms with Gasteiger partial charge in [-0.2, -0.15) is 5.10 Å². The van der Waals surface area contributed by atoms with Crippen LogP contribution in [0, 0.1) is 0 Å². The first-order chi connectivity index (χ1) is 13.4. The normalized spacial score (nSPS) is 11.9. The summed E-state index contributed by atoms with van der Waals surface area (Å²) in [5, 5.41) is 7.46. The molecule has 0 spiro atoms. The first-order valence-electron chi connectivity index (χ1n) is 8.70. The van der Waals surface area contributed by atoms with E-state index in [9.17, 15) is 9.59 Å². The monoisotopic (exact) mass is 421 g/mol. The molecule has 1 atom stereocenters. The van der Waals surface area contributed by atoms with Crippen LogP contribution in [-0.2, 0) is 16.2 Å². The zero-order valence-electron chi connectivity index (χ0n) is 15.5. The van der Waals surface area contributed by atoms with Gasteiger partial charge in [0.1, 0.15) is 12.4 Å². The highest BCUT2D eigenvalue weighted by Gasteiger charge is 2.14. The Balaban J connectivity index is 1.98. The molecular formula is C20H21Cl2N3O3. The fourth-order valence-electron chi connectivity index (χ4n) is 2.12. The molecule has 0 radical (unpaired) electrons. The van der Waals surface area contributed by atoms with Gasteiger partial charge in [0, 0.05) is 27.2 Å². The van der Waals surface area contributed by atoms with E-state index in [1.165, 1.54) is 6.21 Å². The van der Waals surface area contributed by atoms with Crippen LogP contribution in [0.15, 0.2) is 47.6 Å². The summed E-state index contributed by atoms with van der Waals surface area (Å²) in [6, 6.07) is 12.2. The van der Waals surface area contributed by atoms with Crippen LogP contribution in [0.25, 0.3) is 0 Å². The van der Waals surface area contributed by atoms with E-state index in [1.54, 1.807) is 36.4 Å². The second kappa shape index (κ2) is 10.7. The molecule has 0 aliphatic carbocycles. The molecule has 0 aromatic heterocycles. The lowest BCUT2D eigenvalue weighted by Gasteiger charge is -2.11. The highest BCUT2D eigenvalue weighted by molar-refractivity contribution is 6.35. The molecule has 0 saturated heterocycles. The zero-order chi connectivity index (χ0) is 20.5. The molecule has 2 aromatic rings. The molecular weight excluding hydrogens is 401 g/mol. The standard InChI is InChI=1S/C20H21Cl2N3O3/c1-3-13(2)24-19(26)20(27)25-23-11-14-6-4-5-7-18(14)28-12-15-8-9-16(21)10-17(15)22/h4-11,13H,3,12H2,1-2H3,(H,24,26)(H,25,27)/b23-11-/t13-/m1/s1. The number of benzene rings is 2. The number of nitrogens with zero attached hydrogens (tertiary/aromatic N) is 1. The van der Waals surface area contributed by atoms with Crippen LogP contribution in [0.2, 0.25) is 10.0 Å². The van der Waals surface area contributed by atoms with Crippen LogP contribution in [0.5, 0.6) is 5.75 Å². The second-order valence-corrected chi connectivity index (χ2v) is 6.89. The fraction of sp³-hybridized carbons (Fsp3) is 0.250. The largest absolute Gasteiger partial charge is 0.488 e. The van der Waals surface area contributed by atoms with Crippen molar-refractivity contribution in [3.63, 3.8) is 0 Å². The third-order valence-corrected chi connectivity index (χ3v) is 4.47. The number of amides is 2. The number of rotatable bonds is 7. The molecule has 0 unspecified atom stereocenters. The maximum atomic E-state index is 11.8. The smallest absolute Gasteiger partial charge is 0.329 e. The van der Waals surface area contributed by atoms with Gasteiger partial charge in [-0.1, -0.05) is 48.3 Å². The summed E-state index contributed by atoms with van der Waals surface area (Å²) in [5.41, 5.74) is 3.62. The van der Waals surface area contributed by atoms with E-state index in [1.807, 2.05) is 19.9 Å². The van der Waals surface area contributed by atoms with E-state index in [0.717, 1.165) is 12.0 Å². The molecule has 2 rings (SSSR count). The summed E-state index contributed by atoms with van der Waals surface area (Å²) >= 11 is 12.0. The summed E-state index contributed by atoms with van der Waals surface area (Å²) in [6.07, 6.45) is 2.14. The summed E-state index contributed by atoms with van der Waals surface area (Å²) in [7, 11) is 0. The topological polar surface area (TPSA) is 79.8 Å². The second-order valence-electron chi connectivity index (χ2n) is 6.04. The lowest BCUT2D eigenvalue weighted by molar-refractivity contribution is -0.139. The number of halogens is 2. The van der Waals surface area contributed by atoms with Crippen molar-refractivity contribution in [3.05, 3.63) is 63.6 Å². The van der Waals surface area contributed by atoms with Gasteiger partial charge < -0.3 is 10.1 Å². The molecule has 0 aliphatic heterocycles. The number of hydrogen-bond donors (Lipinski definition) is 2. The molecule has 8 heteroatoms. The third kappa shape index (κ3) is 6.55. The van der Waals surface area contributed by atoms with E-state index in [0.29, 0.717) is 21.4 Å². The molecule has 0 heterocycles. The van der Waals surface area contributed by atoms with Crippen molar-refractivity contribution in [1.29, 1.82) is 0 Å². The summed E-state index contributed by atoms with van der Waals surface area (Å²) in [4.78, 5) is 23.4. The number of hydrazone groups is 1. The third-order valence-electron chi connectivity index (χ3n) is 3.88. The van der Waals surface area contributed by atoms with E-state index >= 15 is 0 Å². The minimum absolute atomic E-state index is 0.0870. The van der Waals surface area contributed by atoms with Gasteiger partial charge >= 0.3 is 11.8 Å². The zero-order valence-corrected chi connectivity index (χ0v) is 17.1. The van der Waals surface area contributed by atoms with Crippen molar-refractivity contribution in [3.8, 4) is 5.75 Å². The molecule has 0 bridgehead atoms. The molecule has 2 amide bonds. The maximum Gasteiger partial charge on any atom is 0.329 e. The first kappa shape index (κ1) is 21.7. The molecule has 0 fully saturated rings. The van der Waals surface area contributed by atoms with Crippen molar-refractivity contribution >= 4 is 41.2 Å². The average Bonchev–Trinajstić information content (AvgIpc) is 2.68. The molecule has 148 valence electrons. The van der Waals surface area contributed by atoms with Crippen molar-refractivity contribution in [2.45, 2.75) is 32.9 Å². The highest BCUT2D eigenvalue weighted by atomic mass is 35.5.